The minimum absolute atomic E-state index is 0.214. The molecule has 0 saturated carbocycles. The smallest absolute Gasteiger partial charge is 0.174 e. The Hall–Kier alpha value is -3.04. The molecule has 2 aromatic carbocycles. The fourth-order valence-corrected chi connectivity index (χ4v) is 5.54. The standard InChI is InChI=1S/C28H26ClN3O3S2/c1-18-6-9-20(10-7-18)37-25-13-12-24(35-25)27-26(22-5-3-4-14-30-22)31-28(36)32(27)19-8-11-23(21(29)17-19)34-16-15-33-2/h3-14,17,26-27H,15-16H2,1-2H3,(H,31,36). The number of rotatable bonds is 9. The van der Waals surface area contributed by atoms with Gasteiger partial charge in [-0.15, -0.1) is 0 Å². The molecule has 1 fully saturated rings. The van der Waals surface area contributed by atoms with Gasteiger partial charge in [-0.2, -0.15) is 0 Å². The highest BCUT2D eigenvalue weighted by atomic mass is 35.5. The number of benzene rings is 2. The van der Waals surface area contributed by atoms with Crippen LogP contribution in [-0.4, -0.2) is 30.4 Å². The summed E-state index contributed by atoms with van der Waals surface area (Å²) in [5, 5.41) is 5.30. The maximum Gasteiger partial charge on any atom is 0.174 e. The number of aromatic nitrogens is 1. The summed E-state index contributed by atoms with van der Waals surface area (Å²) in [5.74, 6) is 1.36. The zero-order valence-corrected chi connectivity index (χ0v) is 22.8. The molecule has 2 atom stereocenters. The second-order valence-electron chi connectivity index (χ2n) is 8.52. The molecule has 4 aromatic rings. The van der Waals surface area contributed by atoms with Crippen molar-refractivity contribution in [2.45, 2.75) is 29.0 Å². The highest BCUT2D eigenvalue weighted by Gasteiger charge is 2.42. The molecule has 0 aliphatic carbocycles. The molecule has 9 heteroatoms. The number of methoxy groups -OCH3 is 1. The Morgan fingerprint density at radius 3 is 2.65 bits per heavy atom. The van der Waals surface area contributed by atoms with Crippen molar-refractivity contribution in [3.05, 3.63) is 101 Å². The zero-order chi connectivity index (χ0) is 25.8. The first kappa shape index (κ1) is 25.6. The number of ether oxygens (including phenoxy) is 2. The number of nitrogens with zero attached hydrogens (tertiary/aromatic N) is 2. The molecule has 0 radical (unpaired) electrons. The quantitative estimate of drug-likeness (QED) is 0.176. The van der Waals surface area contributed by atoms with Crippen LogP contribution in [0, 0.1) is 6.92 Å². The number of nitrogens with one attached hydrogen (secondary N) is 1. The highest BCUT2D eigenvalue weighted by molar-refractivity contribution is 7.99. The van der Waals surface area contributed by atoms with E-state index in [9.17, 15) is 0 Å². The van der Waals surface area contributed by atoms with Gasteiger partial charge in [0.05, 0.1) is 23.4 Å². The van der Waals surface area contributed by atoms with Crippen LogP contribution in [0.1, 0.15) is 29.1 Å². The Labute approximate surface area is 230 Å². The van der Waals surface area contributed by atoms with Crippen LogP contribution in [0.4, 0.5) is 5.69 Å². The Morgan fingerprint density at radius 1 is 1.08 bits per heavy atom. The van der Waals surface area contributed by atoms with Gasteiger partial charge < -0.3 is 24.1 Å². The summed E-state index contributed by atoms with van der Waals surface area (Å²) in [6, 6.07) is 23.4. The number of hydrogen-bond acceptors (Lipinski definition) is 6. The Morgan fingerprint density at radius 2 is 1.92 bits per heavy atom. The van der Waals surface area contributed by atoms with Gasteiger partial charge in [0.15, 0.2) is 10.2 Å². The van der Waals surface area contributed by atoms with Crippen molar-refractivity contribution in [1.82, 2.24) is 10.3 Å². The number of halogens is 1. The predicted molar refractivity (Wildman–Crippen MR) is 151 cm³/mol. The summed E-state index contributed by atoms with van der Waals surface area (Å²) in [6.45, 7) is 2.97. The van der Waals surface area contributed by atoms with Crippen LogP contribution in [0.25, 0.3) is 0 Å². The van der Waals surface area contributed by atoms with Crippen LogP contribution < -0.4 is 15.0 Å². The fourth-order valence-electron chi connectivity index (χ4n) is 4.18. The Kier molecular flexibility index (Phi) is 8.00. The summed E-state index contributed by atoms with van der Waals surface area (Å²) in [7, 11) is 1.63. The number of thiocarbonyl (C=S) groups is 1. The van der Waals surface area contributed by atoms with E-state index >= 15 is 0 Å². The molecule has 0 bridgehead atoms. The topological polar surface area (TPSA) is 59.8 Å². The van der Waals surface area contributed by atoms with Crippen LogP contribution in [0.15, 0.2) is 93.4 Å². The molecule has 1 N–H and O–H groups in total. The van der Waals surface area contributed by atoms with Crippen molar-refractivity contribution in [1.29, 1.82) is 0 Å². The predicted octanol–water partition coefficient (Wildman–Crippen LogP) is 6.99. The van der Waals surface area contributed by atoms with Gasteiger partial charge in [-0.25, -0.2) is 0 Å². The zero-order valence-electron chi connectivity index (χ0n) is 20.4. The molecule has 2 aromatic heterocycles. The van der Waals surface area contributed by atoms with Gasteiger partial charge >= 0.3 is 0 Å². The summed E-state index contributed by atoms with van der Waals surface area (Å²) >= 11 is 14.0. The van der Waals surface area contributed by atoms with E-state index in [0.29, 0.717) is 29.1 Å². The monoisotopic (exact) mass is 551 g/mol. The molecule has 1 aliphatic heterocycles. The molecule has 0 spiro atoms. The lowest BCUT2D eigenvalue weighted by Gasteiger charge is -2.26. The molecular formula is C28H26ClN3O3S2. The SMILES string of the molecule is COCCOc1ccc(N2C(=S)NC(c3ccccn3)C2c2ccc(Sc3ccc(C)cc3)o2)cc1Cl. The average molecular weight is 552 g/mol. The van der Waals surface area contributed by atoms with E-state index in [1.165, 1.54) is 5.56 Å². The van der Waals surface area contributed by atoms with E-state index in [4.69, 9.17) is 37.7 Å². The van der Waals surface area contributed by atoms with Crippen molar-refractivity contribution >= 4 is 46.4 Å². The summed E-state index contributed by atoms with van der Waals surface area (Å²) < 4.78 is 17.2. The average Bonchev–Trinajstić information content (AvgIpc) is 3.51. The normalized spacial score (nSPS) is 17.2. The molecule has 2 unspecified atom stereocenters. The maximum atomic E-state index is 6.59. The van der Waals surface area contributed by atoms with Gasteiger partial charge in [0, 0.05) is 23.9 Å². The van der Waals surface area contributed by atoms with Gasteiger partial charge in [0.1, 0.15) is 24.2 Å². The number of anilines is 1. The van der Waals surface area contributed by atoms with E-state index < -0.39 is 0 Å². The van der Waals surface area contributed by atoms with Crippen molar-refractivity contribution in [2.24, 2.45) is 0 Å². The van der Waals surface area contributed by atoms with Gasteiger partial charge in [-0.1, -0.05) is 47.1 Å². The summed E-state index contributed by atoms with van der Waals surface area (Å²) in [4.78, 5) is 7.74. The molecule has 190 valence electrons. The highest BCUT2D eigenvalue weighted by Crippen LogP contribution is 2.44. The van der Waals surface area contributed by atoms with Crippen molar-refractivity contribution in [2.75, 3.05) is 25.2 Å². The maximum absolute atomic E-state index is 6.59. The van der Waals surface area contributed by atoms with Crippen molar-refractivity contribution in [3.8, 4) is 5.75 Å². The first-order chi connectivity index (χ1) is 18.0. The van der Waals surface area contributed by atoms with E-state index in [1.807, 2.05) is 53.4 Å². The molecule has 5 rings (SSSR count). The first-order valence-corrected chi connectivity index (χ1v) is 13.4. The van der Waals surface area contributed by atoms with E-state index in [-0.39, 0.29) is 12.1 Å². The number of aryl methyl sites for hydroxylation is 1. The molecular weight excluding hydrogens is 526 g/mol. The minimum Gasteiger partial charge on any atom is -0.490 e. The summed E-state index contributed by atoms with van der Waals surface area (Å²) in [6.07, 6.45) is 1.78. The van der Waals surface area contributed by atoms with E-state index in [1.54, 1.807) is 25.1 Å². The third-order valence-electron chi connectivity index (χ3n) is 5.97. The minimum atomic E-state index is -0.272. The van der Waals surface area contributed by atoms with Crippen molar-refractivity contribution < 1.29 is 13.9 Å². The lowest BCUT2D eigenvalue weighted by Crippen LogP contribution is -2.29. The largest absolute Gasteiger partial charge is 0.490 e. The number of furan rings is 1. The van der Waals surface area contributed by atoms with Gasteiger partial charge in [-0.3, -0.25) is 4.98 Å². The lowest BCUT2D eigenvalue weighted by molar-refractivity contribution is 0.146. The van der Waals surface area contributed by atoms with Crippen LogP contribution in [-0.2, 0) is 4.74 Å². The molecule has 37 heavy (non-hydrogen) atoms. The summed E-state index contributed by atoms with van der Waals surface area (Å²) in [5.41, 5.74) is 2.92. The lowest BCUT2D eigenvalue weighted by atomic mass is 10.0. The Bertz CT molecular complexity index is 1360. The molecule has 0 amide bonds. The molecule has 1 aliphatic rings. The van der Waals surface area contributed by atoms with Crippen molar-refractivity contribution in [3.63, 3.8) is 0 Å². The first-order valence-electron chi connectivity index (χ1n) is 11.8. The van der Waals surface area contributed by atoms with E-state index in [0.717, 1.165) is 27.1 Å². The third-order valence-corrected chi connectivity index (χ3v) is 7.51. The second-order valence-corrected chi connectivity index (χ2v) is 10.4. The van der Waals surface area contributed by atoms with Gasteiger partial charge in [-0.05, 0) is 73.7 Å². The molecule has 3 heterocycles. The fraction of sp³-hybridized carbons (Fsp3) is 0.214. The van der Waals surface area contributed by atoms with Crippen LogP contribution in [0.5, 0.6) is 5.75 Å². The third kappa shape index (κ3) is 5.78. The van der Waals surface area contributed by atoms with Gasteiger partial charge in [0.25, 0.3) is 0 Å². The second kappa shape index (κ2) is 11.6. The van der Waals surface area contributed by atoms with Gasteiger partial charge in [0.2, 0.25) is 0 Å². The Balaban J connectivity index is 1.48. The van der Waals surface area contributed by atoms with Crippen LogP contribution in [0.2, 0.25) is 5.02 Å². The number of hydrogen-bond donors (Lipinski definition) is 1. The van der Waals surface area contributed by atoms with Crippen LogP contribution in [0.3, 0.4) is 0 Å². The molecule has 1 saturated heterocycles. The van der Waals surface area contributed by atoms with Crippen LogP contribution >= 0.6 is 35.6 Å². The molecule has 6 nitrogen and oxygen atoms in total. The number of pyridine rings is 1. The van der Waals surface area contributed by atoms with E-state index in [2.05, 4.69) is 41.5 Å².